The third-order valence-electron chi connectivity index (χ3n) is 7.84. The molecule has 0 aromatic heterocycles. The second-order valence-corrected chi connectivity index (χ2v) is 9.66. The third-order valence-corrected chi connectivity index (χ3v) is 7.84. The van der Waals surface area contributed by atoms with E-state index < -0.39 is 0 Å². The number of piperidine rings is 2. The first-order chi connectivity index (χ1) is 14.1. The van der Waals surface area contributed by atoms with Gasteiger partial charge in [-0.3, -0.25) is 9.69 Å². The zero-order valence-corrected chi connectivity index (χ0v) is 18.3. The van der Waals surface area contributed by atoms with Crippen molar-refractivity contribution in [3.63, 3.8) is 0 Å². The van der Waals surface area contributed by atoms with Crippen LogP contribution in [0.25, 0.3) is 0 Å². The highest BCUT2D eigenvalue weighted by atomic mass is 16.5. The summed E-state index contributed by atoms with van der Waals surface area (Å²) >= 11 is 0. The van der Waals surface area contributed by atoms with E-state index in [9.17, 15) is 4.79 Å². The quantitative estimate of drug-likeness (QED) is 0.665. The van der Waals surface area contributed by atoms with Gasteiger partial charge in [-0.25, -0.2) is 0 Å². The van der Waals surface area contributed by atoms with Crippen LogP contribution in [-0.2, 0) is 20.9 Å². The Balaban J connectivity index is 1.45. The Morgan fingerprint density at radius 3 is 2.66 bits per heavy atom. The van der Waals surface area contributed by atoms with Gasteiger partial charge in [-0.15, -0.1) is 0 Å². The predicted octanol–water partition coefficient (Wildman–Crippen LogP) is 4.39. The second-order valence-electron chi connectivity index (χ2n) is 9.66. The molecule has 4 rings (SSSR count). The Kier molecular flexibility index (Phi) is 6.60. The van der Waals surface area contributed by atoms with Crippen LogP contribution in [0.15, 0.2) is 30.3 Å². The van der Waals surface area contributed by atoms with E-state index in [1.807, 2.05) is 13.0 Å². The first-order valence-corrected chi connectivity index (χ1v) is 11.6. The van der Waals surface area contributed by atoms with Crippen LogP contribution in [0, 0.1) is 35.5 Å². The summed E-state index contributed by atoms with van der Waals surface area (Å²) in [6, 6.07) is 10.8. The van der Waals surface area contributed by atoms with Crippen LogP contribution >= 0.6 is 0 Å². The fourth-order valence-corrected chi connectivity index (χ4v) is 6.32. The van der Waals surface area contributed by atoms with Crippen LogP contribution < -0.4 is 0 Å². The fourth-order valence-electron chi connectivity index (χ4n) is 6.32. The SMILES string of the molecule is CCOC(=O)[C@H]1[C@@H]2C[C@H](COCc3ccccc3)[C@@H](C)[C@@H]2CN2C[C@@H](C)CC[C@H]12. The third kappa shape index (κ3) is 4.39. The van der Waals surface area contributed by atoms with Crippen LogP contribution in [0.2, 0.25) is 0 Å². The molecule has 3 fully saturated rings. The zero-order valence-electron chi connectivity index (χ0n) is 18.3. The summed E-state index contributed by atoms with van der Waals surface area (Å²) in [6.07, 6.45) is 3.47. The Morgan fingerprint density at radius 2 is 1.90 bits per heavy atom. The van der Waals surface area contributed by atoms with E-state index in [-0.39, 0.29) is 11.9 Å². The van der Waals surface area contributed by atoms with Gasteiger partial charge < -0.3 is 9.47 Å². The average Bonchev–Trinajstić information content (AvgIpc) is 3.02. The van der Waals surface area contributed by atoms with Crippen molar-refractivity contribution in [1.82, 2.24) is 4.90 Å². The van der Waals surface area contributed by atoms with E-state index in [1.165, 1.54) is 12.0 Å². The maximum atomic E-state index is 13.0. The molecule has 0 radical (unpaired) electrons. The molecular formula is C25H37NO3. The molecule has 160 valence electrons. The first-order valence-electron chi connectivity index (χ1n) is 11.6. The minimum absolute atomic E-state index is 0.0442. The van der Waals surface area contributed by atoms with Crippen LogP contribution in [-0.4, -0.2) is 43.2 Å². The van der Waals surface area contributed by atoms with Crippen molar-refractivity contribution in [2.24, 2.45) is 35.5 Å². The highest BCUT2D eigenvalue weighted by Gasteiger charge is 2.54. The van der Waals surface area contributed by atoms with Gasteiger partial charge >= 0.3 is 5.97 Å². The summed E-state index contributed by atoms with van der Waals surface area (Å²) in [7, 11) is 0. The topological polar surface area (TPSA) is 38.8 Å². The molecule has 1 aromatic carbocycles. The van der Waals surface area contributed by atoms with Crippen molar-refractivity contribution in [1.29, 1.82) is 0 Å². The van der Waals surface area contributed by atoms with Crippen molar-refractivity contribution in [3.8, 4) is 0 Å². The number of nitrogens with zero attached hydrogens (tertiary/aromatic N) is 1. The number of rotatable bonds is 6. The van der Waals surface area contributed by atoms with Crippen LogP contribution in [0.5, 0.6) is 0 Å². The predicted molar refractivity (Wildman–Crippen MR) is 114 cm³/mol. The Labute approximate surface area is 175 Å². The largest absolute Gasteiger partial charge is 0.466 e. The normalized spacial score (nSPS) is 37.0. The van der Waals surface area contributed by atoms with Crippen molar-refractivity contribution < 1.29 is 14.3 Å². The van der Waals surface area contributed by atoms with E-state index in [0.29, 0.717) is 42.9 Å². The maximum absolute atomic E-state index is 13.0. The lowest BCUT2D eigenvalue weighted by atomic mass is 9.70. The molecule has 4 heteroatoms. The molecule has 3 aliphatic rings. The summed E-state index contributed by atoms with van der Waals surface area (Å²) in [5.74, 6) is 2.97. The second kappa shape index (κ2) is 9.18. The molecule has 7 atom stereocenters. The van der Waals surface area contributed by atoms with Gasteiger partial charge in [-0.2, -0.15) is 0 Å². The number of hydrogen-bond donors (Lipinski definition) is 0. The summed E-state index contributed by atoms with van der Waals surface area (Å²) in [5, 5.41) is 0. The van der Waals surface area contributed by atoms with Gasteiger partial charge in [0.2, 0.25) is 0 Å². The van der Waals surface area contributed by atoms with Crippen molar-refractivity contribution >= 4 is 5.97 Å². The lowest BCUT2D eigenvalue weighted by molar-refractivity contribution is -0.159. The van der Waals surface area contributed by atoms with Gasteiger partial charge in [0.05, 0.1) is 25.7 Å². The molecule has 0 bridgehead atoms. The van der Waals surface area contributed by atoms with Gasteiger partial charge in [0.15, 0.2) is 0 Å². The number of fused-ring (bicyclic) bond motifs is 2. The van der Waals surface area contributed by atoms with E-state index in [1.54, 1.807) is 0 Å². The summed E-state index contributed by atoms with van der Waals surface area (Å²) in [6.45, 7) is 10.9. The minimum atomic E-state index is 0.0442. The average molecular weight is 400 g/mol. The first kappa shape index (κ1) is 20.9. The van der Waals surface area contributed by atoms with E-state index in [2.05, 4.69) is 43.0 Å². The van der Waals surface area contributed by atoms with Crippen LogP contribution in [0.1, 0.15) is 45.6 Å². The van der Waals surface area contributed by atoms with Crippen molar-refractivity contribution in [2.45, 2.75) is 52.7 Å². The number of carbonyl (C=O) groups excluding carboxylic acids is 1. The Morgan fingerprint density at radius 1 is 1.10 bits per heavy atom. The molecule has 29 heavy (non-hydrogen) atoms. The Bertz CT molecular complexity index is 678. The highest BCUT2D eigenvalue weighted by molar-refractivity contribution is 5.74. The standard InChI is InChI=1S/C25H37NO3/c1-4-29-25(27)24-21-12-20(16-28-15-19-8-6-5-7-9-19)18(3)22(21)14-26-13-17(2)10-11-23(24)26/h5-9,17-18,20-24H,4,10-16H2,1-3H3/t17-,18+,20+,21+,22-,23+,24-/m0/s1. The van der Waals surface area contributed by atoms with Crippen molar-refractivity contribution in [2.75, 3.05) is 26.3 Å². The molecule has 1 aromatic rings. The van der Waals surface area contributed by atoms with Gasteiger partial charge in [-0.1, -0.05) is 44.2 Å². The molecule has 0 spiro atoms. The molecular weight excluding hydrogens is 362 g/mol. The number of esters is 1. The lowest BCUT2D eigenvalue weighted by Crippen LogP contribution is -2.58. The number of benzene rings is 1. The molecule has 0 N–H and O–H groups in total. The molecule has 2 saturated heterocycles. The zero-order chi connectivity index (χ0) is 20.4. The van der Waals surface area contributed by atoms with E-state index >= 15 is 0 Å². The molecule has 1 aliphatic carbocycles. The highest BCUT2D eigenvalue weighted by Crippen LogP contribution is 2.51. The summed E-state index contributed by atoms with van der Waals surface area (Å²) in [5.41, 5.74) is 1.23. The minimum Gasteiger partial charge on any atom is -0.466 e. The summed E-state index contributed by atoms with van der Waals surface area (Å²) < 4.78 is 11.7. The van der Waals surface area contributed by atoms with Gasteiger partial charge in [0.25, 0.3) is 0 Å². The molecule has 2 heterocycles. The van der Waals surface area contributed by atoms with Gasteiger partial charge in [0.1, 0.15) is 0 Å². The molecule has 0 unspecified atom stereocenters. The van der Waals surface area contributed by atoms with E-state index in [0.717, 1.165) is 38.5 Å². The molecule has 2 aliphatic heterocycles. The fraction of sp³-hybridized carbons (Fsp3) is 0.720. The number of carbonyl (C=O) groups is 1. The molecule has 1 saturated carbocycles. The monoisotopic (exact) mass is 399 g/mol. The van der Waals surface area contributed by atoms with E-state index in [4.69, 9.17) is 9.47 Å². The number of ether oxygens (including phenoxy) is 2. The van der Waals surface area contributed by atoms with Gasteiger partial charge in [-0.05, 0) is 61.3 Å². The Hall–Kier alpha value is -1.39. The molecule has 0 amide bonds. The smallest absolute Gasteiger partial charge is 0.310 e. The molecule has 4 nitrogen and oxygen atoms in total. The number of hydrogen-bond acceptors (Lipinski definition) is 4. The van der Waals surface area contributed by atoms with Crippen molar-refractivity contribution in [3.05, 3.63) is 35.9 Å². The van der Waals surface area contributed by atoms with Crippen LogP contribution in [0.3, 0.4) is 0 Å². The summed E-state index contributed by atoms with van der Waals surface area (Å²) in [4.78, 5) is 15.6. The van der Waals surface area contributed by atoms with Crippen LogP contribution in [0.4, 0.5) is 0 Å². The van der Waals surface area contributed by atoms with Gasteiger partial charge in [0, 0.05) is 19.1 Å². The lowest BCUT2D eigenvalue weighted by Gasteiger charge is -2.50. The maximum Gasteiger partial charge on any atom is 0.310 e.